The summed E-state index contributed by atoms with van der Waals surface area (Å²) in [6, 6.07) is 12.2. The molecule has 5 nitrogen and oxygen atoms in total. The highest BCUT2D eigenvalue weighted by Gasteiger charge is 2.09. The summed E-state index contributed by atoms with van der Waals surface area (Å²) in [6.07, 6.45) is 0.757. The Kier molecular flexibility index (Phi) is 5.25. The van der Waals surface area contributed by atoms with E-state index in [4.69, 9.17) is 10.5 Å². The lowest BCUT2D eigenvalue weighted by Crippen LogP contribution is -2.10. The van der Waals surface area contributed by atoms with Gasteiger partial charge in [-0.2, -0.15) is 0 Å². The molecule has 3 rings (SSSR count). The van der Waals surface area contributed by atoms with Crippen LogP contribution in [0.3, 0.4) is 0 Å². The Morgan fingerprint density at radius 1 is 1.24 bits per heavy atom. The molecule has 0 saturated carbocycles. The van der Waals surface area contributed by atoms with Crippen LogP contribution in [0.2, 0.25) is 0 Å². The molecule has 0 unspecified atom stereocenters. The number of rotatable bonds is 6. The summed E-state index contributed by atoms with van der Waals surface area (Å²) in [4.78, 5) is 26.7. The number of aromatic nitrogens is 1. The molecule has 1 amide bonds. The first kappa shape index (κ1) is 17.3. The number of primary amides is 1. The van der Waals surface area contributed by atoms with Crippen LogP contribution in [0.15, 0.2) is 52.3 Å². The van der Waals surface area contributed by atoms with Crippen molar-refractivity contribution >= 4 is 39.5 Å². The number of benzene rings is 2. The van der Waals surface area contributed by atoms with Crippen LogP contribution in [-0.4, -0.2) is 17.2 Å². The molecular formula is C18H13BrN2O3S. The molecule has 25 heavy (non-hydrogen) atoms. The number of carbonyl (C=O) groups excluding carboxylic acids is 2. The van der Waals surface area contributed by atoms with Gasteiger partial charge in [0.1, 0.15) is 17.4 Å². The molecule has 2 aromatic carbocycles. The van der Waals surface area contributed by atoms with Crippen LogP contribution in [0, 0.1) is 0 Å². The summed E-state index contributed by atoms with van der Waals surface area (Å²) in [6.45, 7) is 0.262. The molecule has 126 valence electrons. The quantitative estimate of drug-likeness (QED) is 0.614. The Hall–Kier alpha value is -2.51. The Balaban J connectivity index is 1.72. The summed E-state index contributed by atoms with van der Waals surface area (Å²) < 4.78 is 6.52. The van der Waals surface area contributed by atoms with Crippen LogP contribution in [0.4, 0.5) is 0 Å². The fourth-order valence-electron chi connectivity index (χ4n) is 2.18. The summed E-state index contributed by atoms with van der Waals surface area (Å²) in [7, 11) is 0. The fraction of sp³-hybridized carbons (Fsp3) is 0.0556. The van der Waals surface area contributed by atoms with Gasteiger partial charge in [0, 0.05) is 21.0 Å². The average molecular weight is 417 g/mol. The minimum atomic E-state index is -0.458. The van der Waals surface area contributed by atoms with Gasteiger partial charge in [-0.3, -0.25) is 9.59 Å². The number of aldehydes is 1. The smallest absolute Gasteiger partial charge is 0.248 e. The summed E-state index contributed by atoms with van der Waals surface area (Å²) in [5, 5.41) is 2.72. The van der Waals surface area contributed by atoms with Crippen molar-refractivity contribution in [2.24, 2.45) is 5.73 Å². The second-order valence-electron chi connectivity index (χ2n) is 5.17. The predicted octanol–water partition coefficient (Wildman–Crippen LogP) is 4.06. The normalized spacial score (nSPS) is 10.4. The topological polar surface area (TPSA) is 82.3 Å². The number of amides is 1. The van der Waals surface area contributed by atoms with Crippen LogP contribution >= 0.6 is 27.3 Å². The van der Waals surface area contributed by atoms with Crippen LogP contribution < -0.4 is 10.5 Å². The van der Waals surface area contributed by atoms with Crippen molar-refractivity contribution in [1.82, 2.24) is 4.98 Å². The number of hydrogen-bond donors (Lipinski definition) is 1. The lowest BCUT2D eigenvalue weighted by molar-refractivity contribution is 0.1000. The standard InChI is InChI=1S/C18H13BrN2O3S/c19-14-5-6-16(13(7-14)8-22)24-9-15-10-25-18(21-15)12-3-1-11(2-4-12)17(20)23/h1-8,10H,9H2,(H2,20,23). The second kappa shape index (κ2) is 7.58. The first-order valence-corrected chi connectivity index (χ1v) is 8.96. The van der Waals surface area contributed by atoms with E-state index in [2.05, 4.69) is 20.9 Å². The maximum absolute atomic E-state index is 11.1. The van der Waals surface area contributed by atoms with Gasteiger partial charge in [-0.25, -0.2) is 4.98 Å². The van der Waals surface area contributed by atoms with E-state index in [1.54, 1.807) is 24.3 Å². The highest BCUT2D eigenvalue weighted by molar-refractivity contribution is 9.10. The van der Waals surface area contributed by atoms with E-state index >= 15 is 0 Å². The van der Waals surface area contributed by atoms with E-state index < -0.39 is 5.91 Å². The zero-order valence-corrected chi connectivity index (χ0v) is 15.3. The average Bonchev–Trinajstić information content (AvgIpc) is 3.09. The van der Waals surface area contributed by atoms with E-state index in [1.165, 1.54) is 11.3 Å². The summed E-state index contributed by atoms with van der Waals surface area (Å²) in [5.74, 6) is 0.0545. The number of hydrogen-bond acceptors (Lipinski definition) is 5. The Bertz CT molecular complexity index is 922. The van der Waals surface area contributed by atoms with Crippen LogP contribution in [0.1, 0.15) is 26.4 Å². The maximum atomic E-state index is 11.1. The monoisotopic (exact) mass is 416 g/mol. The molecule has 0 radical (unpaired) electrons. The van der Waals surface area contributed by atoms with Crippen molar-refractivity contribution in [3.8, 4) is 16.3 Å². The number of ether oxygens (including phenoxy) is 1. The Labute approximate surface area is 156 Å². The highest BCUT2D eigenvalue weighted by atomic mass is 79.9. The van der Waals surface area contributed by atoms with Crippen molar-refractivity contribution in [2.45, 2.75) is 6.61 Å². The molecular weight excluding hydrogens is 404 g/mol. The van der Waals surface area contributed by atoms with Crippen molar-refractivity contribution < 1.29 is 14.3 Å². The SMILES string of the molecule is NC(=O)c1ccc(-c2nc(COc3ccc(Br)cc3C=O)cs2)cc1. The molecule has 3 aromatic rings. The van der Waals surface area contributed by atoms with Gasteiger partial charge in [-0.05, 0) is 30.3 Å². The number of nitrogens with zero attached hydrogens (tertiary/aromatic N) is 1. The van der Waals surface area contributed by atoms with Crippen LogP contribution in [-0.2, 0) is 6.61 Å². The second-order valence-corrected chi connectivity index (χ2v) is 6.95. The van der Waals surface area contributed by atoms with Crippen LogP contribution in [0.25, 0.3) is 10.6 Å². The lowest BCUT2D eigenvalue weighted by atomic mass is 10.1. The number of halogens is 1. The molecule has 0 saturated heterocycles. The van der Waals surface area contributed by atoms with Gasteiger partial charge in [0.2, 0.25) is 5.91 Å². The number of nitrogens with two attached hydrogens (primary N) is 1. The molecule has 0 bridgehead atoms. The minimum absolute atomic E-state index is 0.262. The van der Waals surface area contributed by atoms with Crippen molar-refractivity contribution in [1.29, 1.82) is 0 Å². The molecule has 1 heterocycles. The molecule has 0 atom stereocenters. The van der Waals surface area contributed by atoms with E-state index in [-0.39, 0.29) is 6.61 Å². The van der Waals surface area contributed by atoms with Gasteiger partial charge < -0.3 is 10.5 Å². The molecule has 7 heteroatoms. The lowest BCUT2D eigenvalue weighted by Gasteiger charge is -2.07. The van der Waals surface area contributed by atoms with Gasteiger partial charge in [0.05, 0.1) is 11.3 Å². The summed E-state index contributed by atoms with van der Waals surface area (Å²) in [5.41, 5.74) is 7.84. The van der Waals surface area contributed by atoms with E-state index in [0.29, 0.717) is 16.9 Å². The van der Waals surface area contributed by atoms with Gasteiger partial charge in [-0.1, -0.05) is 28.1 Å². The zero-order chi connectivity index (χ0) is 17.8. The van der Waals surface area contributed by atoms with Crippen molar-refractivity contribution in [2.75, 3.05) is 0 Å². The Morgan fingerprint density at radius 2 is 2.00 bits per heavy atom. The van der Waals surface area contributed by atoms with Gasteiger partial charge in [-0.15, -0.1) is 11.3 Å². The fourth-order valence-corrected chi connectivity index (χ4v) is 3.37. The highest BCUT2D eigenvalue weighted by Crippen LogP contribution is 2.26. The largest absolute Gasteiger partial charge is 0.487 e. The van der Waals surface area contributed by atoms with Gasteiger partial charge >= 0.3 is 0 Å². The molecule has 0 aliphatic heterocycles. The number of thiazole rings is 1. The van der Waals surface area contributed by atoms with Gasteiger partial charge in [0.25, 0.3) is 0 Å². The zero-order valence-electron chi connectivity index (χ0n) is 12.9. The molecule has 0 fully saturated rings. The molecule has 0 aliphatic rings. The summed E-state index contributed by atoms with van der Waals surface area (Å²) >= 11 is 4.80. The number of carbonyl (C=O) groups is 2. The Morgan fingerprint density at radius 3 is 2.68 bits per heavy atom. The molecule has 0 aliphatic carbocycles. The third kappa shape index (κ3) is 4.12. The first-order valence-electron chi connectivity index (χ1n) is 7.29. The van der Waals surface area contributed by atoms with Crippen molar-refractivity contribution in [3.05, 3.63) is 69.1 Å². The maximum Gasteiger partial charge on any atom is 0.248 e. The predicted molar refractivity (Wildman–Crippen MR) is 99.9 cm³/mol. The molecule has 0 spiro atoms. The first-order chi connectivity index (χ1) is 12.1. The molecule has 1 aromatic heterocycles. The minimum Gasteiger partial charge on any atom is -0.487 e. The van der Waals surface area contributed by atoms with E-state index in [0.717, 1.165) is 27.0 Å². The van der Waals surface area contributed by atoms with Crippen molar-refractivity contribution in [3.63, 3.8) is 0 Å². The third-order valence-corrected chi connectivity index (χ3v) is 4.88. The van der Waals surface area contributed by atoms with Gasteiger partial charge in [0.15, 0.2) is 6.29 Å². The molecule has 2 N–H and O–H groups in total. The van der Waals surface area contributed by atoms with E-state index in [1.807, 2.05) is 23.6 Å². The van der Waals surface area contributed by atoms with E-state index in [9.17, 15) is 9.59 Å². The third-order valence-electron chi connectivity index (χ3n) is 3.44. The van der Waals surface area contributed by atoms with Crippen LogP contribution in [0.5, 0.6) is 5.75 Å².